The van der Waals surface area contributed by atoms with Gasteiger partial charge in [0.05, 0.1) is 6.26 Å². The summed E-state index contributed by atoms with van der Waals surface area (Å²) in [6, 6.07) is 33.9. The number of hydrogen-bond acceptors (Lipinski definition) is 27. The van der Waals surface area contributed by atoms with E-state index in [0.29, 0.717) is 111 Å². The smallest absolute Gasteiger partial charge is 0.405 e. The number of aromatic hydroxyl groups is 4. The van der Waals surface area contributed by atoms with Gasteiger partial charge in [-0.3, -0.25) is 78.8 Å². The van der Waals surface area contributed by atoms with Gasteiger partial charge < -0.3 is 81.7 Å². The minimum atomic E-state index is -4.67. The normalized spacial score (nSPS) is 12.1. The maximum absolute atomic E-state index is 13.4. The molecular weight excluding hydrogens is 1930 g/mol. The number of carbonyl (C=O) groups excluding carboxylic acids is 9. The SMILES string of the molecule is CC(C)N(CCNC(=O)c1nc(C(=O)NCCN(C)C)c(O)c2ncc(Cc3ccc(F)cc3)cc12)C(C)C.CN(C)CCNC(=O)c1nc(C(=O)NC2CCCCC2)c2cc(Cc3ccc(F)cc3)cnc2c1O.CN(C)CCNC(=O)c1nc(C(=O)NCC(F)(F)F)c2cc(Cc3ccc(F)cc3)cnc2c1O.CN(C)CCNC(=O)c1nc(C(=O)NNC(=O)c2ccco2)c2cc(Cc3ccc(F)cc3)cnc2c1O. The Morgan fingerprint density at radius 3 is 0.899 bits per heavy atom. The van der Waals surface area contributed by atoms with Gasteiger partial charge in [-0.1, -0.05) is 67.8 Å². The van der Waals surface area contributed by atoms with Crippen molar-refractivity contribution >= 4 is 96.8 Å². The number of halogens is 7. The average molecular weight is 2050 g/mol. The van der Waals surface area contributed by atoms with Crippen molar-refractivity contribution in [3.63, 3.8) is 0 Å². The molecule has 4 aromatic carbocycles. The number of carbonyl (C=O) groups is 9. The van der Waals surface area contributed by atoms with Gasteiger partial charge in [-0.25, -0.2) is 37.5 Å². The number of nitrogens with one attached hydrogen (secondary N) is 9. The Morgan fingerprint density at radius 1 is 0.351 bits per heavy atom. The first-order chi connectivity index (χ1) is 70.4. The molecule has 13 aromatic rings. The lowest BCUT2D eigenvalue weighted by Gasteiger charge is -2.30. The van der Waals surface area contributed by atoms with Crippen molar-refractivity contribution in [2.75, 3.05) is 128 Å². The molecule has 0 spiro atoms. The number of alkyl halides is 3. The van der Waals surface area contributed by atoms with Gasteiger partial charge in [-0.2, -0.15) is 13.2 Å². The highest BCUT2D eigenvalue weighted by Gasteiger charge is 2.33. The highest BCUT2D eigenvalue weighted by molar-refractivity contribution is 6.13. The summed E-state index contributed by atoms with van der Waals surface area (Å²) in [5.41, 5.74) is 8.37. The third-order valence-corrected chi connectivity index (χ3v) is 23.3. The number of hydrogen-bond donors (Lipinski definition) is 13. The quantitative estimate of drug-likeness (QED) is 0.0128. The fourth-order valence-electron chi connectivity index (χ4n) is 15.7. The average Bonchev–Trinajstić information content (AvgIpc) is 0.912. The second kappa shape index (κ2) is 52.8. The molecule has 9 heterocycles. The van der Waals surface area contributed by atoms with E-state index in [4.69, 9.17) is 4.42 Å². The maximum Gasteiger partial charge on any atom is 0.405 e. The van der Waals surface area contributed by atoms with Gasteiger partial charge in [-0.05, 0) is 252 Å². The van der Waals surface area contributed by atoms with Crippen LogP contribution in [0.15, 0.2) is 169 Å². The van der Waals surface area contributed by atoms with E-state index >= 15 is 0 Å². The molecule has 0 radical (unpaired) electrons. The van der Waals surface area contributed by atoms with Crippen molar-refractivity contribution in [2.45, 2.75) is 110 Å². The molecule has 43 heteroatoms. The minimum Gasteiger partial charge on any atom is -0.504 e. The van der Waals surface area contributed by atoms with Crippen LogP contribution in [-0.2, 0) is 25.7 Å². The lowest BCUT2D eigenvalue weighted by atomic mass is 9.95. The summed E-state index contributed by atoms with van der Waals surface area (Å²) in [4.78, 5) is 160. The van der Waals surface area contributed by atoms with E-state index in [0.717, 1.165) is 59.9 Å². The Bertz CT molecular complexity index is 6860. The van der Waals surface area contributed by atoms with Crippen LogP contribution in [-0.4, -0.2) is 291 Å². The van der Waals surface area contributed by atoms with Crippen LogP contribution in [0.5, 0.6) is 23.0 Å². The number of pyridine rings is 8. The van der Waals surface area contributed by atoms with Gasteiger partial charge in [-0.15, -0.1) is 0 Å². The Labute approximate surface area is 848 Å². The topological polar surface area (TPSA) is 475 Å². The summed E-state index contributed by atoms with van der Waals surface area (Å²) in [7, 11) is 14.8. The third-order valence-electron chi connectivity index (χ3n) is 23.3. The van der Waals surface area contributed by atoms with Crippen molar-refractivity contribution in [3.05, 3.63) is 284 Å². The summed E-state index contributed by atoms with van der Waals surface area (Å²) in [5, 5.41) is 62.5. The van der Waals surface area contributed by atoms with Crippen molar-refractivity contribution in [3.8, 4) is 23.0 Å². The first kappa shape index (κ1) is 112. The molecule has 14 rings (SSSR count). The molecule has 9 amide bonds. The predicted octanol–water partition coefficient (Wildman–Crippen LogP) is 11.3. The van der Waals surface area contributed by atoms with Crippen LogP contribution in [0.1, 0.15) is 199 Å². The number of amides is 9. The molecule has 36 nitrogen and oxygen atoms in total. The minimum absolute atomic E-state index is 0.00894. The maximum atomic E-state index is 13.4. The van der Waals surface area contributed by atoms with E-state index in [1.54, 1.807) is 103 Å². The highest BCUT2D eigenvalue weighted by atomic mass is 19.4. The van der Waals surface area contributed by atoms with Gasteiger partial charge >= 0.3 is 12.1 Å². The van der Waals surface area contributed by atoms with Crippen molar-refractivity contribution < 1.29 is 98.7 Å². The van der Waals surface area contributed by atoms with Crippen LogP contribution >= 0.6 is 0 Å². The number of fused-ring (bicyclic) bond motifs is 4. The summed E-state index contributed by atoms with van der Waals surface area (Å²) in [6.45, 7) is 11.2. The van der Waals surface area contributed by atoms with Crippen LogP contribution in [0.4, 0.5) is 30.7 Å². The van der Waals surface area contributed by atoms with Crippen LogP contribution in [0.25, 0.3) is 43.6 Å². The number of likely N-dealkylation sites (N-methyl/N-ethyl adjacent to an activating group) is 4. The van der Waals surface area contributed by atoms with Gasteiger partial charge in [0.1, 0.15) is 74.7 Å². The predicted molar refractivity (Wildman–Crippen MR) is 541 cm³/mol. The number of aromatic nitrogens is 8. The zero-order valence-corrected chi connectivity index (χ0v) is 83.8. The monoisotopic (exact) mass is 2040 g/mol. The van der Waals surface area contributed by atoms with E-state index in [2.05, 4.69) is 115 Å². The Hall–Kier alpha value is -15.9. The number of rotatable bonds is 36. The molecule has 1 aliphatic carbocycles. The molecule has 0 unspecified atom stereocenters. The molecule has 0 saturated heterocycles. The number of hydrazine groups is 1. The Balaban J connectivity index is 0.000000188. The van der Waals surface area contributed by atoms with Crippen molar-refractivity contribution in [1.29, 1.82) is 0 Å². The lowest BCUT2D eigenvalue weighted by molar-refractivity contribution is -0.123. The molecule has 1 aliphatic rings. The van der Waals surface area contributed by atoms with Crippen LogP contribution in [0, 0.1) is 23.3 Å². The third kappa shape index (κ3) is 32.1. The molecule has 1 saturated carbocycles. The van der Waals surface area contributed by atoms with Crippen LogP contribution in [0.2, 0.25) is 0 Å². The van der Waals surface area contributed by atoms with Crippen molar-refractivity contribution in [1.82, 2.24) is 112 Å². The largest absolute Gasteiger partial charge is 0.504 e. The molecule has 0 bridgehead atoms. The summed E-state index contributed by atoms with van der Waals surface area (Å²) >= 11 is 0. The highest BCUT2D eigenvalue weighted by Crippen LogP contribution is 2.36. The van der Waals surface area contributed by atoms with E-state index in [-0.39, 0.29) is 122 Å². The number of furan rings is 1. The zero-order chi connectivity index (χ0) is 107. The zero-order valence-electron chi connectivity index (χ0n) is 83.8. The second-order valence-corrected chi connectivity index (χ2v) is 36.7. The molecule has 0 atom stereocenters. The standard InChI is InChI=1S/C29H39FN6O3.C27H32FN5O3.C26H25FN6O5.C23H23F4N5O3/c1-18(2)36(19(3)4)14-12-32-28(38)25-23-16-21(15-20-7-9-22(30)10-8-20)17-33-24(23)27(37)26(34-25)29(39)31-11-13-35(5)6;1-33(2)13-12-29-26(35)24-25(34)22-21(23(32-24)27(36)31-20-6-4-3-5-7-20)15-18(16-30-22)14-17-8-10-19(28)11-9-17;1-33(2)10-9-28-25(36)22-23(34)20-18(13-16(14-29-20)12-15-5-7-17(27)8-6-15)21(30-22)26(37)32-31-24(35)19-4-3-11-38-19;1-32(2)8-7-28-22(35)19-20(33)17-16(18(31-19)21(34)30-12-23(25,26)27)10-14(11-29-17)9-13-3-5-15(24)6-4-13/h7-10,16-19,37H,11-15H2,1-6H3,(H,31,39)(H,32,38);8-11,15-16,20,34H,3-7,12-14H2,1-2H3,(H,29,35)(H,31,36);3-8,11,13-14,34H,9-10,12H2,1-2H3,(H,28,36)(H,31,35)(H,32,37);3-6,10-11,33H,7-9,12H2,1-2H3,(H,28,35)(H,30,34). The van der Waals surface area contributed by atoms with Crippen LogP contribution < -0.4 is 48.1 Å². The summed E-state index contributed by atoms with van der Waals surface area (Å²) in [5.74, 6) is -9.58. The van der Waals surface area contributed by atoms with E-state index in [1.165, 1.54) is 85.4 Å². The lowest BCUT2D eigenvalue weighted by Crippen LogP contribution is -2.42. The Kier molecular flexibility index (Phi) is 40.1. The van der Waals surface area contributed by atoms with Gasteiger partial charge in [0, 0.05) is 130 Å². The first-order valence-electron chi connectivity index (χ1n) is 47.6. The second-order valence-electron chi connectivity index (χ2n) is 36.7. The van der Waals surface area contributed by atoms with E-state index < -0.39 is 100 Å². The molecule has 13 N–H and O–H groups in total. The number of benzene rings is 4. The molecular formula is C105H119F7N22O14. The summed E-state index contributed by atoms with van der Waals surface area (Å²) in [6.07, 6.45) is 9.24. The van der Waals surface area contributed by atoms with E-state index in [1.807, 2.05) is 57.0 Å². The fraction of sp³-hybridized carbons (Fsp3) is 0.343. The van der Waals surface area contributed by atoms with Crippen LogP contribution in [0.3, 0.4) is 0 Å². The van der Waals surface area contributed by atoms with Crippen molar-refractivity contribution in [2.24, 2.45) is 0 Å². The molecule has 0 aliphatic heterocycles. The van der Waals surface area contributed by atoms with Gasteiger partial charge in [0.25, 0.3) is 47.3 Å². The fourth-order valence-corrected chi connectivity index (χ4v) is 15.7. The summed E-state index contributed by atoms with van der Waals surface area (Å²) < 4.78 is 96.2. The molecule has 9 aromatic heterocycles. The molecule has 782 valence electrons. The molecule has 148 heavy (non-hydrogen) atoms. The van der Waals surface area contributed by atoms with E-state index in [9.17, 15) is 94.3 Å². The molecule has 1 fully saturated rings. The number of nitrogens with zero attached hydrogens (tertiary/aromatic N) is 13. The van der Waals surface area contributed by atoms with Gasteiger partial charge in [0.2, 0.25) is 0 Å². The first-order valence-corrected chi connectivity index (χ1v) is 47.6. The van der Waals surface area contributed by atoms with Gasteiger partial charge in [0.15, 0.2) is 51.5 Å². The Morgan fingerprint density at radius 2 is 0.622 bits per heavy atom.